The number of benzene rings is 2. The van der Waals surface area contributed by atoms with E-state index in [2.05, 4.69) is 58.4 Å². The second-order valence-corrected chi connectivity index (χ2v) is 7.72. The van der Waals surface area contributed by atoms with Crippen LogP contribution in [0.2, 0.25) is 0 Å². The Morgan fingerprint density at radius 3 is 2.20 bits per heavy atom. The predicted octanol–water partition coefficient (Wildman–Crippen LogP) is 5.76. The normalized spacial score (nSPS) is 14.5. The molecule has 150 valence electrons. The van der Waals surface area contributed by atoms with Crippen LogP contribution in [-0.4, -0.2) is 15.1 Å². The van der Waals surface area contributed by atoms with Gasteiger partial charge in [0.25, 0.3) is 5.89 Å². The van der Waals surface area contributed by atoms with Gasteiger partial charge in [0.05, 0.1) is 6.20 Å². The molecule has 0 bridgehead atoms. The molecule has 2 aromatic carbocycles. The van der Waals surface area contributed by atoms with Crippen molar-refractivity contribution in [3.63, 3.8) is 0 Å². The van der Waals surface area contributed by atoms with Crippen molar-refractivity contribution in [2.45, 2.75) is 32.1 Å². The quantitative estimate of drug-likeness (QED) is 0.425. The zero-order valence-electron chi connectivity index (χ0n) is 16.7. The minimum absolute atomic E-state index is 0.0439. The lowest BCUT2D eigenvalue weighted by Gasteiger charge is -2.17. The van der Waals surface area contributed by atoms with Gasteiger partial charge in [-0.15, -0.1) is 0 Å². The third kappa shape index (κ3) is 3.34. The molecule has 1 aliphatic carbocycles. The largest absolute Gasteiger partial charge is 0.453 e. The average molecular weight is 401 g/mol. The first-order valence-electron chi connectivity index (χ1n) is 9.85. The van der Waals surface area contributed by atoms with Crippen LogP contribution in [0.1, 0.15) is 35.4 Å². The fourth-order valence-corrected chi connectivity index (χ4v) is 3.72. The molecule has 0 atom stereocenters. The fourth-order valence-electron chi connectivity index (χ4n) is 3.72. The molecule has 0 saturated heterocycles. The predicted molar refractivity (Wildman–Crippen MR) is 110 cm³/mol. The topological polar surface area (TPSA) is 61.0 Å². The summed E-state index contributed by atoms with van der Waals surface area (Å²) in [7, 11) is 0. The lowest BCUT2D eigenvalue weighted by molar-refractivity contribution is 0.421. The SMILES string of the molecule is Cc1ccc(C2(c3ccc(Oc4cnc(-c5nc(C)no5)cc4F)cc3)CC2)cc1. The van der Waals surface area contributed by atoms with Gasteiger partial charge in [-0.1, -0.05) is 47.1 Å². The van der Waals surface area contributed by atoms with Crippen LogP contribution < -0.4 is 4.74 Å². The molecule has 5 nitrogen and oxygen atoms in total. The van der Waals surface area contributed by atoms with Crippen LogP contribution in [0, 0.1) is 19.7 Å². The molecule has 0 spiro atoms. The Kier molecular flexibility index (Phi) is 4.35. The van der Waals surface area contributed by atoms with Crippen molar-refractivity contribution in [1.29, 1.82) is 0 Å². The molecular formula is C24H20FN3O2. The number of hydrogen-bond acceptors (Lipinski definition) is 5. The minimum atomic E-state index is -0.543. The second kappa shape index (κ2) is 7.06. The summed E-state index contributed by atoms with van der Waals surface area (Å²) in [5.41, 5.74) is 4.20. The van der Waals surface area contributed by atoms with Crippen LogP contribution in [0.4, 0.5) is 4.39 Å². The van der Waals surface area contributed by atoms with E-state index in [4.69, 9.17) is 9.26 Å². The number of nitrogens with zero attached hydrogens (tertiary/aromatic N) is 3. The van der Waals surface area contributed by atoms with Crippen molar-refractivity contribution < 1.29 is 13.7 Å². The maximum atomic E-state index is 14.5. The van der Waals surface area contributed by atoms with E-state index in [1.165, 1.54) is 29.0 Å². The fraction of sp³-hybridized carbons (Fsp3) is 0.208. The number of pyridine rings is 1. The molecule has 4 aromatic rings. The van der Waals surface area contributed by atoms with Crippen molar-refractivity contribution in [2.24, 2.45) is 0 Å². The number of aryl methyl sites for hydroxylation is 2. The Labute approximate surface area is 173 Å². The van der Waals surface area contributed by atoms with Crippen LogP contribution >= 0.6 is 0 Å². The Hall–Kier alpha value is -3.54. The lowest BCUT2D eigenvalue weighted by Crippen LogP contribution is -2.08. The highest BCUT2D eigenvalue weighted by Gasteiger charge is 2.45. The molecule has 0 amide bonds. The zero-order valence-corrected chi connectivity index (χ0v) is 16.7. The van der Waals surface area contributed by atoms with E-state index in [0.717, 1.165) is 12.8 Å². The minimum Gasteiger partial charge on any atom is -0.453 e. The maximum Gasteiger partial charge on any atom is 0.276 e. The van der Waals surface area contributed by atoms with E-state index in [9.17, 15) is 4.39 Å². The molecule has 0 aliphatic heterocycles. The van der Waals surface area contributed by atoms with Gasteiger partial charge in [-0.05, 0) is 49.9 Å². The van der Waals surface area contributed by atoms with Crippen molar-refractivity contribution in [3.8, 4) is 23.1 Å². The summed E-state index contributed by atoms with van der Waals surface area (Å²) < 4.78 is 25.2. The van der Waals surface area contributed by atoms with Gasteiger partial charge >= 0.3 is 0 Å². The van der Waals surface area contributed by atoms with Gasteiger partial charge in [-0.25, -0.2) is 9.37 Å². The first-order valence-corrected chi connectivity index (χ1v) is 9.85. The van der Waals surface area contributed by atoms with Crippen molar-refractivity contribution in [2.75, 3.05) is 0 Å². The van der Waals surface area contributed by atoms with Crippen LogP contribution in [0.15, 0.2) is 65.3 Å². The third-order valence-electron chi connectivity index (χ3n) is 5.56. The molecule has 0 unspecified atom stereocenters. The Balaban J connectivity index is 1.35. The summed E-state index contributed by atoms with van der Waals surface area (Å²) in [6.45, 7) is 3.79. The highest BCUT2D eigenvalue weighted by molar-refractivity contribution is 5.49. The number of aromatic nitrogens is 3. The molecule has 1 fully saturated rings. The van der Waals surface area contributed by atoms with Gasteiger partial charge in [0.1, 0.15) is 11.4 Å². The number of ether oxygens (including phenoxy) is 1. The van der Waals surface area contributed by atoms with E-state index >= 15 is 0 Å². The summed E-state index contributed by atoms with van der Waals surface area (Å²) in [4.78, 5) is 8.23. The average Bonchev–Trinajstić information content (AvgIpc) is 3.45. The summed E-state index contributed by atoms with van der Waals surface area (Å²) in [5, 5.41) is 3.69. The molecule has 2 heterocycles. The second-order valence-electron chi connectivity index (χ2n) is 7.72. The first kappa shape index (κ1) is 18.5. The molecular weight excluding hydrogens is 381 g/mol. The summed E-state index contributed by atoms with van der Waals surface area (Å²) >= 11 is 0. The molecule has 0 radical (unpaired) electrons. The Bertz CT molecular complexity index is 1200. The number of hydrogen-bond donors (Lipinski definition) is 0. The Morgan fingerprint density at radius 2 is 1.63 bits per heavy atom. The van der Waals surface area contributed by atoms with Crippen molar-refractivity contribution in [3.05, 3.63) is 89.1 Å². The van der Waals surface area contributed by atoms with Gasteiger partial charge in [-0.2, -0.15) is 4.98 Å². The van der Waals surface area contributed by atoms with Gasteiger partial charge in [0, 0.05) is 11.5 Å². The van der Waals surface area contributed by atoms with Gasteiger partial charge in [-0.3, -0.25) is 0 Å². The van der Waals surface area contributed by atoms with Gasteiger partial charge < -0.3 is 9.26 Å². The zero-order chi connectivity index (χ0) is 20.7. The summed E-state index contributed by atoms with van der Waals surface area (Å²) in [5.74, 6) is 0.695. The molecule has 1 aliphatic rings. The van der Waals surface area contributed by atoms with E-state index in [1.807, 2.05) is 12.1 Å². The monoisotopic (exact) mass is 401 g/mol. The third-order valence-corrected chi connectivity index (χ3v) is 5.56. The Morgan fingerprint density at radius 1 is 0.967 bits per heavy atom. The van der Waals surface area contributed by atoms with Crippen LogP contribution in [0.5, 0.6) is 11.5 Å². The molecule has 1 saturated carbocycles. The highest BCUT2D eigenvalue weighted by Crippen LogP contribution is 2.53. The van der Waals surface area contributed by atoms with Crippen molar-refractivity contribution >= 4 is 0 Å². The van der Waals surface area contributed by atoms with E-state index < -0.39 is 5.82 Å². The van der Waals surface area contributed by atoms with Crippen molar-refractivity contribution in [1.82, 2.24) is 15.1 Å². The highest BCUT2D eigenvalue weighted by atomic mass is 19.1. The summed E-state index contributed by atoms with van der Waals surface area (Å²) in [6.07, 6.45) is 3.59. The summed E-state index contributed by atoms with van der Waals surface area (Å²) in [6, 6.07) is 17.8. The van der Waals surface area contributed by atoms with Crippen LogP contribution in [0.3, 0.4) is 0 Å². The number of rotatable bonds is 5. The maximum absolute atomic E-state index is 14.5. The van der Waals surface area contributed by atoms with Gasteiger partial charge in [0.15, 0.2) is 17.4 Å². The molecule has 30 heavy (non-hydrogen) atoms. The first-order chi connectivity index (χ1) is 14.5. The van der Waals surface area contributed by atoms with Crippen LogP contribution in [-0.2, 0) is 5.41 Å². The lowest BCUT2D eigenvalue weighted by atomic mass is 9.88. The molecule has 6 heteroatoms. The van der Waals surface area contributed by atoms with E-state index in [0.29, 0.717) is 11.6 Å². The molecule has 5 rings (SSSR count). The van der Waals surface area contributed by atoms with Gasteiger partial charge in [0.2, 0.25) is 0 Å². The van der Waals surface area contributed by atoms with Crippen LogP contribution in [0.25, 0.3) is 11.6 Å². The van der Waals surface area contributed by atoms with E-state index in [-0.39, 0.29) is 22.7 Å². The molecule has 2 aromatic heterocycles. The standard InChI is InChI=1S/C24H20FN3O2/c1-15-3-5-17(6-4-15)24(11-12-24)18-7-9-19(10-8-18)29-22-14-26-21(13-20(22)25)23-27-16(2)28-30-23/h3-10,13-14H,11-12H2,1-2H3. The molecule has 0 N–H and O–H groups in total. The van der Waals surface area contributed by atoms with E-state index in [1.54, 1.807) is 6.92 Å². The number of halogens is 1. The smallest absolute Gasteiger partial charge is 0.276 e.